The number of hydrogen-bond acceptors (Lipinski definition) is 4. The van der Waals surface area contributed by atoms with Gasteiger partial charge in [-0.1, -0.05) is 6.58 Å². The molecule has 2 saturated carbocycles. The number of esters is 1. The molecule has 2 aliphatic heterocycles. The van der Waals surface area contributed by atoms with Gasteiger partial charge in [-0.25, -0.2) is 4.79 Å². The molecular formula is C15H20O4. The van der Waals surface area contributed by atoms with Crippen LogP contribution in [0.1, 0.15) is 39.5 Å². The molecule has 0 bridgehead atoms. The lowest BCUT2D eigenvalue weighted by Crippen LogP contribution is -2.46. The van der Waals surface area contributed by atoms with E-state index in [1.165, 1.54) is 0 Å². The minimum atomic E-state index is -0.823. The zero-order chi connectivity index (χ0) is 13.6. The number of carbonyl (C=O) groups is 1. The maximum atomic E-state index is 11.8. The summed E-state index contributed by atoms with van der Waals surface area (Å²) in [6, 6.07) is 0. The predicted molar refractivity (Wildman–Crippen MR) is 67.3 cm³/mol. The summed E-state index contributed by atoms with van der Waals surface area (Å²) in [5.41, 5.74) is -0.695. The van der Waals surface area contributed by atoms with E-state index in [-0.39, 0.29) is 35.1 Å². The molecule has 4 rings (SSSR count). The van der Waals surface area contributed by atoms with Crippen molar-refractivity contribution in [3.05, 3.63) is 12.2 Å². The lowest BCUT2D eigenvalue weighted by Gasteiger charge is -2.33. The normalized spacial score (nSPS) is 59.0. The van der Waals surface area contributed by atoms with E-state index in [0.29, 0.717) is 12.0 Å². The Balaban J connectivity index is 1.82. The minimum absolute atomic E-state index is 0.0483. The first-order chi connectivity index (χ1) is 8.81. The highest BCUT2D eigenvalue weighted by Crippen LogP contribution is 2.69. The summed E-state index contributed by atoms with van der Waals surface area (Å²) in [5.74, 6) is -0.370. The Hall–Kier alpha value is -0.870. The second-order valence-corrected chi connectivity index (χ2v) is 7.10. The van der Waals surface area contributed by atoms with Crippen LogP contribution in [0, 0.1) is 11.8 Å². The number of rotatable bonds is 0. The van der Waals surface area contributed by atoms with Gasteiger partial charge < -0.3 is 14.6 Å². The van der Waals surface area contributed by atoms with Crippen LogP contribution in [0.3, 0.4) is 0 Å². The molecule has 0 amide bonds. The molecule has 0 aromatic rings. The van der Waals surface area contributed by atoms with E-state index in [4.69, 9.17) is 9.47 Å². The fourth-order valence-electron chi connectivity index (χ4n) is 4.92. The molecule has 2 heterocycles. The van der Waals surface area contributed by atoms with Crippen molar-refractivity contribution in [3.8, 4) is 0 Å². The van der Waals surface area contributed by atoms with Crippen LogP contribution < -0.4 is 0 Å². The monoisotopic (exact) mass is 264 g/mol. The van der Waals surface area contributed by atoms with Gasteiger partial charge >= 0.3 is 5.97 Å². The highest BCUT2D eigenvalue weighted by molar-refractivity contribution is 5.91. The Morgan fingerprint density at radius 3 is 2.79 bits per heavy atom. The maximum absolute atomic E-state index is 11.8. The van der Waals surface area contributed by atoms with Crippen LogP contribution in [0.5, 0.6) is 0 Å². The molecule has 0 unspecified atom stereocenters. The fraction of sp³-hybridized carbons (Fsp3) is 0.800. The van der Waals surface area contributed by atoms with Crippen molar-refractivity contribution in [1.82, 2.24) is 0 Å². The van der Waals surface area contributed by atoms with Gasteiger partial charge in [-0.15, -0.1) is 0 Å². The Morgan fingerprint density at radius 1 is 1.32 bits per heavy atom. The molecule has 6 atom stereocenters. The first-order valence-electron chi connectivity index (χ1n) is 7.13. The lowest BCUT2D eigenvalue weighted by atomic mass is 9.76. The molecule has 4 fully saturated rings. The van der Waals surface area contributed by atoms with E-state index in [0.717, 1.165) is 19.3 Å². The number of hydrogen-bond donors (Lipinski definition) is 1. The van der Waals surface area contributed by atoms with Crippen LogP contribution in [-0.2, 0) is 14.3 Å². The first kappa shape index (κ1) is 11.9. The van der Waals surface area contributed by atoms with Gasteiger partial charge in [0.2, 0.25) is 0 Å². The average Bonchev–Trinajstić information content (AvgIpc) is 2.70. The summed E-state index contributed by atoms with van der Waals surface area (Å²) < 4.78 is 11.7. The van der Waals surface area contributed by atoms with Crippen LogP contribution >= 0.6 is 0 Å². The van der Waals surface area contributed by atoms with Gasteiger partial charge in [-0.3, -0.25) is 0 Å². The van der Waals surface area contributed by atoms with Gasteiger partial charge in [0.05, 0.1) is 17.1 Å². The van der Waals surface area contributed by atoms with E-state index >= 15 is 0 Å². The van der Waals surface area contributed by atoms with Crippen LogP contribution in [0.2, 0.25) is 0 Å². The van der Waals surface area contributed by atoms with Crippen molar-refractivity contribution in [2.75, 3.05) is 0 Å². The van der Waals surface area contributed by atoms with Crippen LogP contribution in [0.4, 0.5) is 0 Å². The first-order valence-corrected chi connectivity index (χ1v) is 7.13. The smallest absolute Gasteiger partial charge is 0.334 e. The summed E-state index contributed by atoms with van der Waals surface area (Å²) in [6.45, 7) is 7.87. The van der Waals surface area contributed by atoms with Crippen LogP contribution in [-0.4, -0.2) is 34.0 Å². The van der Waals surface area contributed by atoms with Gasteiger partial charge in [0.1, 0.15) is 11.7 Å². The van der Waals surface area contributed by atoms with Gasteiger partial charge in [-0.2, -0.15) is 0 Å². The zero-order valence-electron chi connectivity index (χ0n) is 11.4. The summed E-state index contributed by atoms with van der Waals surface area (Å²) in [4.78, 5) is 11.8. The molecule has 2 aliphatic carbocycles. The van der Waals surface area contributed by atoms with E-state index < -0.39 is 5.60 Å². The third-order valence-electron chi connectivity index (χ3n) is 6.05. The molecule has 0 aromatic heterocycles. The molecule has 0 radical (unpaired) electrons. The number of epoxide rings is 1. The molecule has 104 valence electrons. The van der Waals surface area contributed by atoms with Crippen molar-refractivity contribution in [2.24, 2.45) is 11.8 Å². The van der Waals surface area contributed by atoms with E-state index in [9.17, 15) is 9.90 Å². The fourth-order valence-corrected chi connectivity index (χ4v) is 4.92. The number of aliphatic hydroxyl groups is 1. The molecule has 0 aromatic carbocycles. The molecular weight excluding hydrogens is 244 g/mol. The second-order valence-electron chi connectivity index (χ2n) is 7.10. The molecule has 1 N–H and O–H groups in total. The number of fused-ring (bicyclic) bond motifs is 2. The van der Waals surface area contributed by atoms with Crippen molar-refractivity contribution in [3.63, 3.8) is 0 Å². The topological polar surface area (TPSA) is 59.1 Å². The largest absolute Gasteiger partial charge is 0.458 e. The van der Waals surface area contributed by atoms with Gasteiger partial charge in [-0.05, 0) is 39.5 Å². The molecule has 4 nitrogen and oxygen atoms in total. The van der Waals surface area contributed by atoms with E-state index in [1.807, 2.05) is 6.92 Å². The van der Waals surface area contributed by atoms with Crippen molar-refractivity contribution >= 4 is 5.97 Å². The third-order valence-corrected chi connectivity index (χ3v) is 6.05. The van der Waals surface area contributed by atoms with Crippen LogP contribution in [0.15, 0.2) is 12.2 Å². The summed E-state index contributed by atoms with van der Waals surface area (Å²) >= 11 is 0. The van der Waals surface area contributed by atoms with Gasteiger partial charge in [0.15, 0.2) is 0 Å². The van der Waals surface area contributed by atoms with Gasteiger partial charge in [0.25, 0.3) is 0 Å². The maximum Gasteiger partial charge on any atom is 0.334 e. The quantitative estimate of drug-likeness (QED) is 0.410. The molecule has 1 spiro atoms. The molecule has 4 heteroatoms. The molecule has 2 saturated heterocycles. The highest BCUT2D eigenvalue weighted by Gasteiger charge is 2.79. The number of carbonyl (C=O) groups excluding carboxylic acids is 1. The molecule has 4 aliphatic rings. The highest BCUT2D eigenvalue weighted by atomic mass is 16.6. The van der Waals surface area contributed by atoms with E-state index in [2.05, 4.69) is 13.5 Å². The number of ether oxygens (including phenoxy) is 2. The predicted octanol–water partition coefficient (Wildman–Crippen LogP) is 1.57. The van der Waals surface area contributed by atoms with Crippen molar-refractivity contribution in [2.45, 2.75) is 62.4 Å². The Kier molecular flexibility index (Phi) is 1.92. The Morgan fingerprint density at radius 2 is 2.05 bits per heavy atom. The zero-order valence-corrected chi connectivity index (χ0v) is 11.4. The average molecular weight is 264 g/mol. The van der Waals surface area contributed by atoms with Crippen LogP contribution in [0.25, 0.3) is 0 Å². The molecule has 19 heavy (non-hydrogen) atoms. The van der Waals surface area contributed by atoms with Crippen molar-refractivity contribution < 1.29 is 19.4 Å². The third kappa shape index (κ3) is 1.20. The summed E-state index contributed by atoms with van der Waals surface area (Å²) in [7, 11) is 0. The second kappa shape index (κ2) is 3.07. The Bertz CT molecular complexity index is 496. The SMILES string of the molecule is C=C1C(=O)O[C@@H]2[C@@H]3[C@]4(CC[C@@]3(C)O)O[C@]4(C)CC[C@@H]12. The van der Waals surface area contributed by atoms with Gasteiger partial charge in [0, 0.05) is 11.5 Å². The standard InChI is InChI=1S/C15H20O4/c1-8-9-4-5-14(3)15(19-14)7-6-13(2,17)11(15)10(9)18-12(8)16/h9-11,17H,1,4-7H2,2-3H3/t9-,10-,11-,13+,14+,15-/m0/s1. The van der Waals surface area contributed by atoms with Crippen molar-refractivity contribution in [1.29, 1.82) is 0 Å². The Labute approximate surface area is 112 Å². The summed E-state index contributed by atoms with van der Waals surface area (Å²) in [5, 5.41) is 10.7. The van der Waals surface area contributed by atoms with E-state index in [1.54, 1.807) is 0 Å². The summed E-state index contributed by atoms with van der Waals surface area (Å²) in [6.07, 6.45) is 3.08. The lowest BCUT2D eigenvalue weighted by molar-refractivity contribution is -0.147. The minimum Gasteiger partial charge on any atom is -0.458 e.